The first-order valence-corrected chi connectivity index (χ1v) is 8.00. The second-order valence-electron chi connectivity index (χ2n) is 5.19. The number of anilines is 1. The van der Waals surface area contributed by atoms with Crippen LogP contribution in [0.15, 0.2) is 24.3 Å². The van der Waals surface area contributed by atoms with Crippen molar-refractivity contribution in [3.05, 3.63) is 29.8 Å². The van der Waals surface area contributed by atoms with E-state index < -0.39 is 16.1 Å². The van der Waals surface area contributed by atoms with Gasteiger partial charge in [0.05, 0.1) is 11.9 Å². The lowest BCUT2D eigenvalue weighted by molar-refractivity contribution is 0.0628. The molecule has 5 nitrogen and oxygen atoms in total. The Labute approximate surface area is 114 Å². The SMILES string of the molecule is CC1CN(S(=O)(=O)Cc2ccc(N)cc2)CCC1O. The van der Waals surface area contributed by atoms with Crippen LogP contribution >= 0.6 is 0 Å². The van der Waals surface area contributed by atoms with Gasteiger partial charge in [0, 0.05) is 18.8 Å². The van der Waals surface area contributed by atoms with Crippen LogP contribution in [0.4, 0.5) is 5.69 Å². The van der Waals surface area contributed by atoms with Crippen LogP contribution in [-0.4, -0.2) is 37.0 Å². The third-order valence-corrected chi connectivity index (χ3v) is 5.36. The fraction of sp³-hybridized carbons (Fsp3) is 0.538. The summed E-state index contributed by atoms with van der Waals surface area (Å²) in [5, 5.41) is 9.65. The van der Waals surface area contributed by atoms with Crippen molar-refractivity contribution in [3.63, 3.8) is 0 Å². The minimum atomic E-state index is -3.32. The Morgan fingerprint density at radius 1 is 1.37 bits per heavy atom. The van der Waals surface area contributed by atoms with Crippen LogP contribution in [-0.2, 0) is 15.8 Å². The second-order valence-corrected chi connectivity index (χ2v) is 7.16. The highest BCUT2D eigenvalue weighted by atomic mass is 32.2. The predicted molar refractivity (Wildman–Crippen MR) is 74.8 cm³/mol. The third kappa shape index (κ3) is 3.46. The van der Waals surface area contributed by atoms with E-state index in [1.807, 2.05) is 6.92 Å². The van der Waals surface area contributed by atoms with Crippen LogP contribution in [0, 0.1) is 5.92 Å². The lowest BCUT2D eigenvalue weighted by atomic mass is 9.99. The Morgan fingerprint density at radius 2 is 2.00 bits per heavy atom. The summed E-state index contributed by atoms with van der Waals surface area (Å²) in [6, 6.07) is 6.87. The van der Waals surface area contributed by atoms with Crippen molar-refractivity contribution in [2.45, 2.75) is 25.2 Å². The van der Waals surface area contributed by atoms with Gasteiger partial charge in [0.15, 0.2) is 0 Å². The molecular weight excluding hydrogens is 264 g/mol. The molecule has 0 amide bonds. The number of nitrogen functional groups attached to an aromatic ring is 1. The first-order chi connectivity index (χ1) is 8.88. The van der Waals surface area contributed by atoms with E-state index in [1.54, 1.807) is 24.3 Å². The third-order valence-electron chi connectivity index (χ3n) is 3.54. The zero-order chi connectivity index (χ0) is 14.0. The number of sulfonamides is 1. The Bertz CT molecular complexity index is 527. The standard InChI is InChI=1S/C13H20N2O3S/c1-10-8-15(7-6-13(10)16)19(17,18)9-11-2-4-12(14)5-3-11/h2-5,10,13,16H,6-9,14H2,1H3. The Hall–Kier alpha value is -1.11. The average molecular weight is 284 g/mol. The number of aliphatic hydroxyl groups excluding tert-OH is 1. The fourth-order valence-electron chi connectivity index (χ4n) is 2.26. The van der Waals surface area contributed by atoms with Crippen molar-refractivity contribution < 1.29 is 13.5 Å². The molecule has 6 heteroatoms. The van der Waals surface area contributed by atoms with E-state index in [0.717, 1.165) is 5.56 Å². The largest absolute Gasteiger partial charge is 0.399 e. The molecule has 19 heavy (non-hydrogen) atoms. The van der Waals surface area contributed by atoms with Gasteiger partial charge in [-0.1, -0.05) is 19.1 Å². The number of aliphatic hydroxyl groups is 1. The maximum atomic E-state index is 12.3. The summed E-state index contributed by atoms with van der Waals surface area (Å²) in [6.45, 7) is 2.65. The Kier molecular flexibility index (Phi) is 4.13. The van der Waals surface area contributed by atoms with Crippen molar-refractivity contribution in [3.8, 4) is 0 Å². The molecule has 106 valence electrons. The van der Waals surface area contributed by atoms with Gasteiger partial charge in [0.25, 0.3) is 0 Å². The van der Waals surface area contributed by atoms with Crippen LogP contribution in [0.1, 0.15) is 18.9 Å². The lowest BCUT2D eigenvalue weighted by Gasteiger charge is -2.33. The molecule has 0 radical (unpaired) electrons. The van der Waals surface area contributed by atoms with Gasteiger partial charge in [-0.05, 0) is 30.0 Å². The first kappa shape index (κ1) is 14.3. The van der Waals surface area contributed by atoms with Crippen molar-refractivity contribution in [2.75, 3.05) is 18.8 Å². The Balaban J connectivity index is 2.08. The van der Waals surface area contributed by atoms with Gasteiger partial charge < -0.3 is 10.8 Å². The second kappa shape index (κ2) is 5.48. The van der Waals surface area contributed by atoms with E-state index in [0.29, 0.717) is 25.2 Å². The predicted octanol–water partition coefficient (Wildman–Crippen LogP) is 0.801. The van der Waals surface area contributed by atoms with Crippen LogP contribution in [0.5, 0.6) is 0 Å². The molecule has 1 aromatic rings. The number of benzene rings is 1. The van der Waals surface area contributed by atoms with Crippen LogP contribution < -0.4 is 5.73 Å². The lowest BCUT2D eigenvalue weighted by Crippen LogP contribution is -2.45. The molecule has 2 atom stereocenters. The van der Waals surface area contributed by atoms with Gasteiger partial charge in [-0.2, -0.15) is 0 Å². The number of nitrogens with zero attached hydrogens (tertiary/aromatic N) is 1. The zero-order valence-corrected chi connectivity index (χ0v) is 11.8. The summed E-state index contributed by atoms with van der Waals surface area (Å²) in [6.07, 6.45) is 0.102. The summed E-state index contributed by atoms with van der Waals surface area (Å²) < 4.78 is 26.1. The molecule has 1 fully saturated rings. The summed E-state index contributed by atoms with van der Waals surface area (Å²) in [4.78, 5) is 0. The minimum absolute atomic E-state index is 0.0178. The first-order valence-electron chi connectivity index (χ1n) is 6.39. The molecule has 3 N–H and O–H groups in total. The highest BCUT2D eigenvalue weighted by Gasteiger charge is 2.31. The molecule has 2 unspecified atom stereocenters. The normalized spacial score (nSPS) is 25.4. The molecule has 2 rings (SSSR count). The van der Waals surface area contributed by atoms with Crippen molar-refractivity contribution in [2.24, 2.45) is 5.92 Å². The molecule has 0 saturated carbocycles. The van der Waals surface area contributed by atoms with Gasteiger partial charge in [-0.15, -0.1) is 0 Å². The minimum Gasteiger partial charge on any atom is -0.399 e. The van der Waals surface area contributed by atoms with E-state index in [-0.39, 0.29) is 11.7 Å². The summed E-state index contributed by atoms with van der Waals surface area (Å²) in [5.41, 5.74) is 6.93. The molecule has 1 saturated heterocycles. The van der Waals surface area contributed by atoms with Crippen molar-refractivity contribution in [1.29, 1.82) is 0 Å². The molecule has 1 aromatic carbocycles. The molecule has 1 aliphatic heterocycles. The average Bonchev–Trinajstić information content (AvgIpc) is 2.35. The van der Waals surface area contributed by atoms with Crippen LogP contribution in [0.3, 0.4) is 0 Å². The topological polar surface area (TPSA) is 83.6 Å². The number of hydrogen-bond acceptors (Lipinski definition) is 4. The molecule has 1 heterocycles. The van der Waals surface area contributed by atoms with E-state index >= 15 is 0 Å². The van der Waals surface area contributed by atoms with Crippen molar-refractivity contribution >= 4 is 15.7 Å². The highest BCUT2D eigenvalue weighted by Crippen LogP contribution is 2.21. The molecule has 0 spiro atoms. The monoisotopic (exact) mass is 284 g/mol. The number of nitrogens with two attached hydrogens (primary N) is 1. The van der Waals surface area contributed by atoms with E-state index in [9.17, 15) is 13.5 Å². The van der Waals surface area contributed by atoms with E-state index in [2.05, 4.69) is 0 Å². The zero-order valence-electron chi connectivity index (χ0n) is 11.0. The number of hydrogen-bond donors (Lipinski definition) is 2. The number of piperidine rings is 1. The van der Waals surface area contributed by atoms with Gasteiger partial charge >= 0.3 is 0 Å². The fourth-order valence-corrected chi connectivity index (χ4v) is 3.91. The smallest absolute Gasteiger partial charge is 0.218 e. The van der Waals surface area contributed by atoms with Crippen LogP contribution in [0.25, 0.3) is 0 Å². The summed E-state index contributed by atoms with van der Waals surface area (Å²) >= 11 is 0. The highest BCUT2D eigenvalue weighted by molar-refractivity contribution is 7.88. The summed E-state index contributed by atoms with van der Waals surface area (Å²) in [5.74, 6) is -0.0363. The Morgan fingerprint density at radius 3 is 2.58 bits per heavy atom. The van der Waals surface area contributed by atoms with E-state index in [4.69, 9.17) is 5.73 Å². The molecular formula is C13H20N2O3S. The summed E-state index contributed by atoms with van der Waals surface area (Å²) in [7, 11) is -3.32. The number of rotatable bonds is 3. The maximum absolute atomic E-state index is 12.3. The maximum Gasteiger partial charge on any atom is 0.218 e. The van der Waals surface area contributed by atoms with Crippen molar-refractivity contribution in [1.82, 2.24) is 4.31 Å². The van der Waals surface area contributed by atoms with Gasteiger partial charge in [-0.25, -0.2) is 12.7 Å². The molecule has 0 aromatic heterocycles. The van der Waals surface area contributed by atoms with Gasteiger partial charge in [-0.3, -0.25) is 0 Å². The van der Waals surface area contributed by atoms with E-state index in [1.165, 1.54) is 4.31 Å². The van der Waals surface area contributed by atoms with Crippen LogP contribution in [0.2, 0.25) is 0 Å². The molecule has 0 aliphatic carbocycles. The van der Waals surface area contributed by atoms with Gasteiger partial charge in [0.1, 0.15) is 0 Å². The quantitative estimate of drug-likeness (QED) is 0.804. The van der Waals surface area contributed by atoms with Gasteiger partial charge in [0.2, 0.25) is 10.0 Å². The molecule has 1 aliphatic rings. The molecule has 0 bridgehead atoms.